The summed E-state index contributed by atoms with van der Waals surface area (Å²) in [4.78, 5) is 38.0. The number of para-hydroxylation sites is 1. The number of aromatic nitrogens is 1. The molecule has 0 bridgehead atoms. The first-order valence-electron chi connectivity index (χ1n) is 6.63. The van der Waals surface area contributed by atoms with E-state index in [-0.39, 0.29) is 11.5 Å². The van der Waals surface area contributed by atoms with E-state index in [9.17, 15) is 14.4 Å². The van der Waals surface area contributed by atoms with Gasteiger partial charge in [0, 0.05) is 23.5 Å². The van der Waals surface area contributed by atoms with Crippen LogP contribution < -0.4 is 10.9 Å². The highest BCUT2D eigenvalue weighted by atomic mass is 16.5. The van der Waals surface area contributed by atoms with Gasteiger partial charge in [-0.15, -0.1) is 0 Å². The summed E-state index contributed by atoms with van der Waals surface area (Å²) in [5.74, 6) is -1.07. The highest BCUT2D eigenvalue weighted by Gasteiger charge is 2.20. The topological polar surface area (TPSA) is 88.3 Å². The number of carbonyl (C=O) groups is 2. The molecule has 0 radical (unpaired) electrons. The molecule has 6 heteroatoms. The lowest BCUT2D eigenvalue weighted by Crippen LogP contribution is -2.35. The van der Waals surface area contributed by atoms with Gasteiger partial charge in [0.2, 0.25) is 5.56 Å². The molecule has 2 N–H and O–H groups in total. The number of esters is 1. The molecule has 110 valence electrons. The van der Waals surface area contributed by atoms with Crippen LogP contribution in [0.2, 0.25) is 0 Å². The van der Waals surface area contributed by atoms with Crippen molar-refractivity contribution in [1.29, 1.82) is 0 Å². The minimum absolute atomic E-state index is 0.144. The van der Waals surface area contributed by atoms with Crippen LogP contribution in [-0.2, 0) is 9.53 Å². The Morgan fingerprint density at radius 1 is 1.33 bits per heavy atom. The molecule has 1 aromatic heterocycles. The summed E-state index contributed by atoms with van der Waals surface area (Å²) in [6.07, 6.45) is -0.921. The standard InChI is InChI=1S/C15H16N2O4/c1-3-16-14(19)9(2)21-15(20)11-8-13(18)17-12-7-5-4-6-10(11)12/h4-9H,3H2,1-2H3,(H,16,19)(H,17,18)/t9-/m0/s1. The van der Waals surface area contributed by atoms with Gasteiger partial charge in [0.05, 0.1) is 5.56 Å². The number of aromatic amines is 1. The number of pyridine rings is 1. The molecule has 0 aliphatic rings. The molecule has 1 aromatic carbocycles. The molecule has 0 unspecified atom stereocenters. The normalized spacial score (nSPS) is 11.9. The van der Waals surface area contributed by atoms with Gasteiger partial charge in [0.15, 0.2) is 6.10 Å². The van der Waals surface area contributed by atoms with Crippen molar-refractivity contribution < 1.29 is 14.3 Å². The van der Waals surface area contributed by atoms with Gasteiger partial charge < -0.3 is 15.0 Å². The van der Waals surface area contributed by atoms with E-state index in [1.165, 1.54) is 13.0 Å². The quantitative estimate of drug-likeness (QED) is 0.828. The highest BCUT2D eigenvalue weighted by molar-refractivity contribution is 6.03. The Hall–Kier alpha value is -2.63. The number of rotatable bonds is 4. The van der Waals surface area contributed by atoms with Crippen LogP contribution in [0.1, 0.15) is 24.2 Å². The summed E-state index contributed by atoms with van der Waals surface area (Å²) in [5.41, 5.74) is 0.291. The Morgan fingerprint density at radius 3 is 2.76 bits per heavy atom. The Balaban J connectivity index is 2.31. The summed E-state index contributed by atoms with van der Waals surface area (Å²) in [5, 5.41) is 3.14. The minimum Gasteiger partial charge on any atom is -0.449 e. The molecular weight excluding hydrogens is 272 g/mol. The van der Waals surface area contributed by atoms with Crippen LogP contribution in [0.5, 0.6) is 0 Å². The van der Waals surface area contributed by atoms with Gasteiger partial charge in [-0.3, -0.25) is 9.59 Å². The number of hydrogen-bond donors (Lipinski definition) is 2. The van der Waals surface area contributed by atoms with Crippen LogP contribution in [0, 0.1) is 0 Å². The molecule has 2 rings (SSSR count). The van der Waals surface area contributed by atoms with Crippen molar-refractivity contribution in [3.8, 4) is 0 Å². The molecule has 21 heavy (non-hydrogen) atoms. The molecule has 6 nitrogen and oxygen atoms in total. The number of ether oxygens (including phenoxy) is 1. The summed E-state index contributed by atoms with van der Waals surface area (Å²) in [6.45, 7) is 3.71. The lowest BCUT2D eigenvalue weighted by atomic mass is 10.1. The van der Waals surface area contributed by atoms with Crippen LogP contribution in [0.15, 0.2) is 35.1 Å². The van der Waals surface area contributed by atoms with E-state index < -0.39 is 17.6 Å². The molecule has 0 saturated carbocycles. The number of amides is 1. The highest BCUT2D eigenvalue weighted by Crippen LogP contribution is 2.16. The number of nitrogens with one attached hydrogen (secondary N) is 2. The van der Waals surface area contributed by atoms with E-state index in [2.05, 4.69) is 10.3 Å². The van der Waals surface area contributed by atoms with Crippen LogP contribution >= 0.6 is 0 Å². The predicted octanol–water partition coefficient (Wildman–Crippen LogP) is 1.21. The zero-order chi connectivity index (χ0) is 15.4. The first-order valence-corrected chi connectivity index (χ1v) is 6.63. The van der Waals surface area contributed by atoms with Crippen LogP contribution in [0.25, 0.3) is 10.9 Å². The molecule has 0 fully saturated rings. The fourth-order valence-electron chi connectivity index (χ4n) is 1.97. The molecule has 2 aromatic rings. The monoisotopic (exact) mass is 288 g/mol. The second kappa shape index (κ2) is 6.21. The van der Waals surface area contributed by atoms with Crippen LogP contribution in [-0.4, -0.2) is 29.5 Å². The predicted molar refractivity (Wildman–Crippen MR) is 78.1 cm³/mol. The lowest BCUT2D eigenvalue weighted by molar-refractivity contribution is -0.128. The zero-order valence-corrected chi connectivity index (χ0v) is 11.8. The maximum Gasteiger partial charge on any atom is 0.339 e. The summed E-state index contributed by atoms with van der Waals surface area (Å²) in [6, 6.07) is 8.09. The second-order valence-corrected chi connectivity index (χ2v) is 4.53. The van der Waals surface area contributed by atoms with Gasteiger partial charge in [-0.05, 0) is 19.9 Å². The number of carbonyl (C=O) groups excluding carboxylic acids is 2. The number of likely N-dealkylation sites (N-methyl/N-ethyl adjacent to an activating group) is 1. The third kappa shape index (κ3) is 3.28. The van der Waals surface area contributed by atoms with E-state index in [1.54, 1.807) is 31.2 Å². The van der Waals surface area contributed by atoms with Crippen molar-refractivity contribution in [1.82, 2.24) is 10.3 Å². The molecule has 0 saturated heterocycles. The molecule has 1 atom stereocenters. The first-order chi connectivity index (χ1) is 10.0. The lowest BCUT2D eigenvalue weighted by Gasteiger charge is -2.13. The Morgan fingerprint density at radius 2 is 2.05 bits per heavy atom. The van der Waals surface area contributed by atoms with E-state index in [0.29, 0.717) is 17.4 Å². The fourth-order valence-corrected chi connectivity index (χ4v) is 1.97. The number of H-pyrrole nitrogens is 1. The van der Waals surface area contributed by atoms with Gasteiger partial charge in [-0.25, -0.2) is 4.79 Å². The molecule has 0 aliphatic carbocycles. The van der Waals surface area contributed by atoms with E-state index in [0.717, 1.165) is 0 Å². The van der Waals surface area contributed by atoms with Crippen molar-refractivity contribution >= 4 is 22.8 Å². The second-order valence-electron chi connectivity index (χ2n) is 4.53. The maximum atomic E-state index is 12.2. The van der Waals surface area contributed by atoms with Crippen LogP contribution in [0.4, 0.5) is 0 Å². The zero-order valence-electron chi connectivity index (χ0n) is 11.8. The number of fused-ring (bicyclic) bond motifs is 1. The average molecular weight is 288 g/mol. The van der Waals surface area contributed by atoms with Crippen molar-refractivity contribution in [3.05, 3.63) is 46.2 Å². The van der Waals surface area contributed by atoms with Gasteiger partial charge >= 0.3 is 5.97 Å². The molecule has 0 aliphatic heterocycles. The van der Waals surface area contributed by atoms with E-state index >= 15 is 0 Å². The minimum atomic E-state index is -0.921. The van der Waals surface area contributed by atoms with Gasteiger partial charge in [-0.1, -0.05) is 18.2 Å². The maximum absolute atomic E-state index is 12.2. The van der Waals surface area contributed by atoms with Gasteiger partial charge in [0.25, 0.3) is 5.91 Å². The molecular formula is C15H16N2O4. The van der Waals surface area contributed by atoms with Crippen molar-refractivity contribution in [3.63, 3.8) is 0 Å². The van der Waals surface area contributed by atoms with Gasteiger partial charge in [0.1, 0.15) is 0 Å². The van der Waals surface area contributed by atoms with Crippen molar-refractivity contribution in [2.24, 2.45) is 0 Å². The van der Waals surface area contributed by atoms with Crippen molar-refractivity contribution in [2.75, 3.05) is 6.54 Å². The Kier molecular flexibility index (Phi) is 4.37. The van der Waals surface area contributed by atoms with E-state index in [4.69, 9.17) is 4.74 Å². The SMILES string of the molecule is CCNC(=O)[C@H](C)OC(=O)c1cc(=O)[nH]c2ccccc12. The van der Waals surface area contributed by atoms with Crippen LogP contribution in [0.3, 0.4) is 0 Å². The summed E-state index contributed by atoms with van der Waals surface area (Å²) in [7, 11) is 0. The number of benzene rings is 1. The largest absolute Gasteiger partial charge is 0.449 e. The third-order valence-electron chi connectivity index (χ3n) is 2.97. The summed E-state index contributed by atoms with van der Waals surface area (Å²) >= 11 is 0. The third-order valence-corrected chi connectivity index (χ3v) is 2.97. The van der Waals surface area contributed by atoms with Gasteiger partial charge in [-0.2, -0.15) is 0 Å². The smallest absolute Gasteiger partial charge is 0.339 e. The Labute approximate surface area is 121 Å². The molecule has 1 heterocycles. The number of hydrogen-bond acceptors (Lipinski definition) is 4. The fraction of sp³-hybridized carbons (Fsp3) is 0.267. The molecule has 1 amide bonds. The average Bonchev–Trinajstić information content (AvgIpc) is 2.46. The first kappa shape index (κ1) is 14.8. The summed E-state index contributed by atoms with van der Waals surface area (Å²) < 4.78 is 5.11. The van der Waals surface area contributed by atoms with Crippen molar-refractivity contribution in [2.45, 2.75) is 20.0 Å². The van der Waals surface area contributed by atoms with E-state index in [1.807, 2.05) is 0 Å². The molecule has 0 spiro atoms. The Bertz CT molecular complexity index is 736.